The molecule has 0 saturated heterocycles. The fourth-order valence-electron chi connectivity index (χ4n) is 7.21. The monoisotopic (exact) mass is 550 g/mol. The highest BCUT2D eigenvalue weighted by Gasteiger charge is 2.22. The predicted molar refractivity (Wildman–Crippen MR) is 185 cm³/mol. The maximum Gasteiger partial charge on any atom is 0.143 e. The van der Waals surface area contributed by atoms with Crippen LogP contribution in [0.1, 0.15) is 26.3 Å². The van der Waals surface area contributed by atoms with E-state index in [2.05, 4.69) is 142 Å². The lowest BCUT2D eigenvalue weighted by Gasteiger charge is -2.23. The summed E-state index contributed by atoms with van der Waals surface area (Å²) in [7, 11) is 0. The Bertz CT molecular complexity index is 2510. The van der Waals surface area contributed by atoms with Gasteiger partial charge in [-0.15, -0.1) is 0 Å². The van der Waals surface area contributed by atoms with Gasteiger partial charge < -0.3 is 4.42 Å². The van der Waals surface area contributed by atoms with E-state index in [9.17, 15) is 0 Å². The molecule has 1 heteroatoms. The molecule has 1 nitrogen and oxygen atoms in total. The Hall–Kier alpha value is -5.14. The Morgan fingerprint density at radius 3 is 1.79 bits per heavy atom. The third kappa shape index (κ3) is 3.52. The Kier molecular flexibility index (Phi) is 4.94. The van der Waals surface area contributed by atoms with E-state index in [1.807, 2.05) is 6.07 Å². The van der Waals surface area contributed by atoms with Gasteiger partial charge in [-0.3, -0.25) is 0 Å². The zero-order valence-corrected chi connectivity index (χ0v) is 24.5. The minimum atomic E-state index is 0.0701. The molecular weight excluding hydrogens is 520 g/mol. The Morgan fingerprint density at radius 1 is 0.419 bits per heavy atom. The fraction of sp³-hybridized carbons (Fsp3) is 0.0952. The van der Waals surface area contributed by atoms with Crippen molar-refractivity contribution in [3.05, 3.63) is 133 Å². The van der Waals surface area contributed by atoms with Gasteiger partial charge in [-0.2, -0.15) is 0 Å². The molecule has 9 aromatic rings. The van der Waals surface area contributed by atoms with Gasteiger partial charge in [0.1, 0.15) is 11.2 Å². The van der Waals surface area contributed by atoms with E-state index < -0.39 is 0 Å². The first kappa shape index (κ1) is 24.5. The van der Waals surface area contributed by atoms with Crippen molar-refractivity contribution in [3.8, 4) is 22.3 Å². The second-order valence-electron chi connectivity index (χ2n) is 12.9. The average molecular weight is 551 g/mol. The minimum Gasteiger partial charge on any atom is -0.455 e. The third-order valence-electron chi connectivity index (χ3n) is 9.36. The summed E-state index contributed by atoms with van der Waals surface area (Å²) < 4.78 is 6.60. The van der Waals surface area contributed by atoms with Crippen LogP contribution in [-0.2, 0) is 5.41 Å². The zero-order valence-electron chi connectivity index (χ0n) is 24.5. The molecule has 0 aliphatic carbocycles. The van der Waals surface area contributed by atoms with Crippen molar-refractivity contribution in [3.63, 3.8) is 0 Å². The molecule has 1 aromatic heterocycles. The van der Waals surface area contributed by atoms with Crippen molar-refractivity contribution in [2.24, 2.45) is 0 Å². The van der Waals surface area contributed by atoms with Crippen LogP contribution in [0.3, 0.4) is 0 Å². The van der Waals surface area contributed by atoms with Gasteiger partial charge >= 0.3 is 0 Å². The summed E-state index contributed by atoms with van der Waals surface area (Å²) in [4.78, 5) is 0. The van der Waals surface area contributed by atoms with Gasteiger partial charge in [-0.25, -0.2) is 0 Å². The smallest absolute Gasteiger partial charge is 0.143 e. The predicted octanol–water partition coefficient (Wildman–Crippen LogP) is 12.3. The number of hydrogen-bond acceptors (Lipinski definition) is 1. The van der Waals surface area contributed by atoms with Crippen molar-refractivity contribution in [1.29, 1.82) is 0 Å². The first-order valence-electron chi connectivity index (χ1n) is 15.1. The average Bonchev–Trinajstić information content (AvgIpc) is 3.41. The molecule has 0 atom stereocenters. The van der Waals surface area contributed by atoms with Crippen molar-refractivity contribution < 1.29 is 4.42 Å². The maximum absolute atomic E-state index is 6.60. The van der Waals surface area contributed by atoms with Crippen LogP contribution in [0, 0.1) is 0 Å². The minimum absolute atomic E-state index is 0.0701. The number of furan rings is 1. The standard InChI is InChI=1S/C42H30O/c1-42(2,3)28-22-26-18-20-32-36(30-14-8-11-25-10-4-5-12-29(25)30)24-37(33-21-19-27(23-28)39(26)40(32)33)35-16-9-15-34-31-13-6-7-17-38(31)43-41(34)35/h4-24H,1-3H3. The van der Waals surface area contributed by atoms with E-state index >= 15 is 0 Å². The van der Waals surface area contributed by atoms with Gasteiger partial charge in [0, 0.05) is 16.3 Å². The van der Waals surface area contributed by atoms with Crippen LogP contribution in [-0.4, -0.2) is 0 Å². The second-order valence-corrected chi connectivity index (χ2v) is 12.9. The molecule has 0 aliphatic heterocycles. The highest BCUT2D eigenvalue weighted by atomic mass is 16.3. The largest absolute Gasteiger partial charge is 0.455 e. The van der Waals surface area contributed by atoms with Gasteiger partial charge in [-0.1, -0.05) is 136 Å². The van der Waals surface area contributed by atoms with Gasteiger partial charge in [-0.05, 0) is 82.9 Å². The summed E-state index contributed by atoms with van der Waals surface area (Å²) in [6.45, 7) is 6.89. The summed E-state index contributed by atoms with van der Waals surface area (Å²) in [5.74, 6) is 0. The van der Waals surface area contributed by atoms with Crippen LogP contribution in [0.25, 0.3) is 87.3 Å². The molecule has 0 unspecified atom stereocenters. The molecule has 43 heavy (non-hydrogen) atoms. The number of fused-ring (bicyclic) bond motifs is 4. The molecule has 0 amide bonds. The van der Waals surface area contributed by atoms with Crippen molar-refractivity contribution in [2.45, 2.75) is 26.2 Å². The van der Waals surface area contributed by atoms with Crippen LogP contribution >= 0.6 is 0 Å². The lowest BCUT2D eigenvalue weighted by molar-refractivity contribution is 0.591. The lowest BCUT2D eigenvalue weighted by Crippen LogP contribution is -2.10. The number of benzene rings is 8. The van der Waals surface area contributed by atoms with Crippen LogP contribution in [0.4, 0.5) is 0 Å². The van der Waals surface area contributed by atoms with Crippen LogP contribution in [0.2, 0.25) is 0 Å². The van der Waals surface area contributed by atoms with Crippen molar-refractivity contribution in [1.82, 2.24) is 0 Å². The topological polar surface area (TPSA) is 13.1 Å². The summed E-state index contributed by atoms with van der Waals surface area (Å²) in [6, 6.07) is 46.8. The first-order chi connectivity index (χ1) is 21.0. The third-order valence-corrected chi connectivity index (χ3v) is 9.36. The van der Waals surface area contributed by atoms with Crippen molar-refractivity contribution >= 4 is 65.0 Å². The van der Waals surface area contributed by atoms with Crippen molar-refractivity contribution in [2.75, 3.05) is 0 Å². The molecule has 9 rings (SSSR count). The Labute approximate surface area is 250 Å². The Balaban J connectivity index is 1.47. The molecule has 0 fully saturated rings. The number of rotatable bonds is 2. The summed E-state index contributed by atoms with van der Waals surface area (Å²) in [5, 5.41) is 12.6. The quantitative estimate of drug-likeness (QED) is 0.195. The van der Waals surface area contributed by atoms with E-state index in [0.29, 0.717) is 0 Å². The van der Waals surface area contributed by atoms with E-state index in [0.717, 1.165) is 27.5 Å². The summed E-state index contributed by atoms with van der Waals surface area (Å²) in [5.41, 5.74) is 8.13. The molecule has 1 heterocycles. The molecule has 204 valence electrons. The number of para-hydroxylation sites is 2. The first-order valence-corrected chi connectivity index (χ1v) is 15.1. The van der Waals surface area contributed by atoms with Crippen LogP contribution < -0.4 is 0 Å². The molecular formula is C42H30O. The van der Waals surface area contributed by atoms with E-state index in [1.165, 1.54) is 65.3 Å². The highest BCUT2D eigenvalue weighted by Crippen LogP contribution is 2.47. The fourth-order valence-corrected chi connectivity index (χ4v) is 7.21. The highest BCUT2D eigenvalue weighted by molar-refractivity contribution is 6.29. The molecule has 8 aromatic carbocycles. The molecule has 0 saturated carbocycles. The SMILES string of the molecule is CC(C)(C)c1cc2ccc3c(-c4cccc5ccccc45)cc(-c4cccc5c4oc4ccccc45)c4ccc(c1)c2c34. The van der Waals surface area contributed by atoms with Gasteiger partial charge in [0.25, 0.3) is 0 Å². The molecule has 0 N–H and O–H groups in total. The summed E-state index contributed by atoms with van der Waals surface area (Å²) >= 11 is 0. The zero-order chi connectivity index (χ0) is 28.9. The van der Waals surface area contributed by atoms with Gasteiger partial charge in [0.05, 0.1) is 0 Å². The normalized spacial score (nSPS) is 12.5. The number of hydrogen-bond donors (Lipinski definition) is 0. The van der Waals surface area contributed by atoms with E-state index in [1.54, 1.807) is 0 Å². The second kappa shape index (κ2) is 8.69. The lowest BCUT2D eigenvalue weighted by atomic mass is 9.81. The van der Waals surface area contributed by atoms with Gasteiger partial charge in [0.2, 0.25) is 0 Å². The van der Waals surface area contributed by atoms with E-state index in [-0.39, 0.29) is 5.41 Å². The molecule has 0 bridgehead atoms. The molecule has 0 aliphatic rings. The molecule has 0 radical (unpaired) electrons. The van der Waals surface area contributed by atoms with Crippen LogP contribution in [0.15, 0.2) is 132 Å². The maximum atomic E-state index is 6.60. The van der Waals surface area contributed by atoms with E-state index in [4.69, 9.17) is 4.42 Å². The Morgan fingerprint density at radius 2 is 1.02 bits per heavy atom. The summed E-state index contributed by atoms with van der Waals surface area (Å²) in [6.07, 6.45) is 0. The van der Waals surface area contributed by atoms with Gasteiger partial charge in [0.15, 0.2) is 0 Å². The van der Waals surface area contributed by atoms with Crippen LogP contribution in [0.5, 0.6) is 0 Å². The molecule has 0 spiro atoms.